The Labute approximate surface area is 106 Å². The second kappa shape index (κ2) is 4.98. The third-order valence-corrected chi connectivity index (χ3v) is 4.97. The monoisotopic (exact) mass is 253 g/mol. The first-order chi connectivity index (χ1) is 8.36. The molecule has 0 radical (unpaired) electrons. The molecule has 0 bridgehead atoms. The number of nitrogens with zero attached hydrogens (tertiary/aromatic N) is 3. The highest BCUT2D eigenvalue weighted by atomic mass is 32.2. The van der Waals surface area contributed by atoms with E-state index in [4.69, 9.17) is 4.98 Å². The summed E-state index contributed by atoms with van der Waals surface area (Å²) in [5, 5.41) is 13.9. The van der Waals surface area contributed by atoms with Crippen LogP contribution in [0.3, 0.4) is 0 Å². The van der Waals surface area contributed by atoms with Gasteiger partial charge in [-0.2, -0.15) is 16.9 Å². The van der Waals surface area contributed by atoms with Gasteiger partial charge in [0.05, 0.1) is 0 Å². The van der Waals surface area contributed by atoms with Crippen molar-refractivity contribution in [1.82, 2.24) is 14.8 Å². The van der Waals surface area contributed by atoms with Gasteiger partial charge in [0.15, 0.2) is 5.82 Å². The maximum atomic E-state index is 9.21. The van der Waals surface area contributed by atoms with E-state index < -0.39 is 0 Å². The molecule has 1 aromatic rings. The largest absolute Gasteiger partial charge is 0.396 e. The Hall–Kier alpha value is -0.550. The lowest BCUT2D eigenvalue weighted by molar-refractivity contribution is 0.185. The van der Waals surface area contributed by atoms with Crippen LogP contribution in [0.15, 0.2) is 0 Å². The highest BCUT2D eigenvalue weighted by Gasteiger charge is 2.25. The fourth-order valence-electron chi connectivity index (χ4n) is 2.66. The summed E-state index contributed by atoms with van der Waals surface area (Å²) in [5.74, 6) is 5.56. The van der Waals surface area contributed by atoms with E-state index in [9.17, 15) is 5.11 Å². The molecule has 1 fully saturated rings. The van der Waals surface area contributed by atoms with Crippen molar-refractivity contribution < 1.29 is 5.11 Å². The highest BCUT2D eigenvalue weighted by molar-refractivity contribution is 7.99. The summed E-state index contributed by atoms with van der Waals surface area (Å²) in [6.45, 7) is 1.12. The maximum Gasteiger partial charge on any atom is 0.154 e. The van der Waals surface area contributed by atoms with Crippen LogP contribution in [0.5, 0.6) is 0 Å². The van der Waals surface area contributed by atoms with E-state index in [2.05, 4.69) is 5.10 Å². The van der Waals surface area contributed by atoms with Crippen LogP contribution in [0.4, 0.5) is 0 Å². The molecule has 0 spiro atoms. The van der Waals surface area contributed by atoms with Gasteiger partial charge in [-0.1, -0.05) is 0 Å². The lowest BCUT2D eigenvalue weighted by Gasteiger charge is -2.20. The van der Waals surface area contributed by atoms with Gasteiger partial charge in [-0.15, -0.1) is 0 Å². The Kier molecular flexibility index (Phi) is 3.38. The summed E-state index contributed by atoms with van der Waals surface area (Å²) in [4.78, 5) is 4.70. The molecule has 2 unspecified atom stereocenters. The zero-order chi connectivity index (χ0) is 11.7. The molecule has 0 aromatic carbocycles. The van der Waals surface area contributed by atoms with E-state index in [-0.39, 0.29) is 6.61 Å². The zero-order valence-electron chi connectivity index (χ0n) is 10.0. The topological polar surface area (TPSA) is 50.9 Å². The predicted octanol–water partition coefficient (Wildman–Crippen LogP) is 1.44. The van der Waals surface area contributed by atoms with Crippen molar-refractivity contribution in [2.45, 2.75) is 38.1 Å². The lowest BCUT2D eigenvalue weighted by atomic mass is 10.0. The smallest absolute Gasteiger partial charge is 0.154 e. The molecule has 2 aliphatic heterocycles. The van der Waals surface area contributed by atoms with Gasteiger partial charge >= 0.3 is 0 Å². The molecule has 3 heterocycles. The fraction of sp³-hybridized carbons (Fsp3) is 0.833. The van der Waals surface area contributed by atoms with Crippen LogP contribution in [-0.2, 0) is 13.0 Å². The molecule has 2 atom stereocenters. The van der Waals surface area contributed by atoms with Gasteiger partial charge in [-0.3, -0.25) is 0 Å². The minimum absolute atomic E-state index is 0.272. The normalized spacial score (nSPS) is 29.0. The molecule has 5 heteroatoms. The van der Waals surface area contributed by atoms with Crippen molar-refractivity contribution in [3.05, 3.63) is 11.6 Å². The second-order valence-corrected chi connectivity index (χ2v) is 6.22. The standard InChI is InChI=1S/C12H19N3OS/c16-7-9-3-4-11-13-12(14-15(11)6-9)10-2-1-5-17-8-10/h9-10,16H,1-8H2. The predicted molar refractivity (Wildman–Crippen MR) is 68.2 cm³/mol. The molecule has 17 heavy (non-hydrogen) atoms. The molecule has 1 aromatic heterocycles. The Bertz CT molecular complexity index is 387. The quantitative estimate of drug-likeness (QED) is 0.866. The van der Waals surface area contributed by atoms with Crippen LogP contribution in [0.1, 0.15) is 36.8 Å². The Morgan fingerprint density at radius 2 is 2.35 bits per heavy atom. The van der Waals surface area contributed by atoms with Crippen molar-refractivity contribution in [3.8, 4) is 0 Å². The Morgan fingerprint density at radius 1 is 1.41 bits per heavy atom. The number of thioether (sulfide) groups is 1. The first kappa shape index (κ1) is 11.5. The molecule has 3 rings (SSSR count). The first-order valence-corrected chi connectivity index (χ1v) is 7.64. The Morgan fingerprint density at radius 3 is 3.12 bits per heavy atom. The lowest BCUT2D eigenvalue weighted by Crippen LogP contribution is -2.23. The molecular formula is C12H19N3OS. The van der Waals surface area contributed by atoms with Crippen LogP contribution in [0.25, 0.3) is 0 Å². The van der Waals surface area contributed by atoms with Crippen LogP contribution in [0, 0.1) is 5.92 Å². The van der Waals surface area contributed by atoms with Crippen LogP contribution < -0.4 is 0 Å². The average Bonchev–Trinajstić information content (AvgIpc) is 2.82. The highest BCUT2D eigenvalue weighted by Crippen LogP contribution is 2.30. The number of hydrogen-bond acceptors (Lipinski definition) is 4. The van der Waals surface area contributed by atoms with Crippen molar-refractivity contribution in [2.75, 3.05) is 18.1 Å². The first-order valence-electron chi connectivity index (χ1n) is 6.49. The molecular weight excluding hydrogens is 234 g/mol. The van der Waals surface area contributed by atoms with Gasteiger partial charge in [0.1, 0.15) is 5.82 Å². The van der Waals surface area contributed by atoms with E-state index in [1.807, 2.05) is 16.4 Å². The second-order valence-electron chi connectivity index (χ2n) is 5.07. The molecule has 1 saturated heterocycles. The molecule has 2 aliphatic rings. The summed E-state index contributed by atoms with van der Waals surface area (Å²) in [6.07, 6.45) is 4.55. The molecule has 0 saturated carbocycles. The molecule has 0 aliphatic carbocycles. The number of fused-ring (bicyclic) bond motifs is 1. The minimum Gasteiger partial charge on any atom is -0.396 e. The van der Waals surface area contributed by atoms with Crippen molar-refractivity contribution in [1.29, 1.82) is 0 Å². The number of rotatable bonds is 2. The van der Waals surface area contributed by atoms with E-state index in [1.54, 1.807) is 0 Å². The van der Waals surface area contributed by atoms with Gasteiger partial charge in [0.2, 0.25) is 0 Å². The average molecular weight is 253 g/mol. The number of aromatic nitrogens is 3. The summed E-state index contributed by atoms with van der Waals surface area (Å²) >= 11 is 2.02. The zero-order valence-corrected chi connectivity index (χ0v) is 10.8. The van der Waals surface area contributed by atoms with Crippen molar-refractivity contribution >= 4 is 11.8 Å². The third-order valence-electron chi connectivity index (χ3n) is 3.76. The minimum atomic E-state index is 0.272. The van der Waals surface area contributed by atoms with E-state index >= 15 is 0 Å². The third kappa shape index (κ3) is 2.36. The summed E-state index contributed by atoms with van der Waals surface area (Å²) in [7, 11) is 0. The SMILES string of the molecule is OCC1CCc2nc(C3CCCSC3)nn2C1. The van der Waals surface area contributed by atoms with Crippen LogP contribution in [-0.4, -0.2) is 38.0 Å². The molecule has 1 N–H and O–H groups in total. The van der Waals surface area contributed by atoms with Gasteiger partial charge in [0, 0.05) is 37.2 Å². The summed E-state index contributed by atoms with van der Waals surface area (Å²) in [5.41, 5.74) is 0. The van der Waals surface area contributed by atoms with Gasteiger partial charge in [-0.05, 0) is 25.0 Å². The maximum absolute atomic E-state index is 9.21. The number of aliphatic hydroxyl groups excluding tert-OH is 1. The summed E-state index contributed by atoms with van der Waals surface area (Å²) < 4.78 is 2.03. The molecule has 4 nitrogen and oxygen atoms in total. The van der Waals surface area contributed by atoms with Gasteiger partial charge in [0.25, 0.3) is 0 Å². The van der Waals surface area contributed by atoms with Crippen molar-refractivity contribution in [2.24, 2.45) is 5.92 Å². The van der Waals surface area contributed by atoms with Crippen molar-refractivity contribution in [3.63, 3.8) is 0 Å². The fourth-order valence-corrected chi connectivity index (χ4v) is 3.80. The molecule has 0 amide bonds. The number of aryl methyl sites for hydroxylation is 1. The van der Waals surface area contributed by atoms with Gasteiger partial charge in [-0.25, -0.2) is 9.67 Å². The molecule has 94 valence electrons. The van der Waals surface area contributed by atoms with Crippen LogP contribution >= 0.6 is 11.8 Å². The van der Waals surface area contributed by atoms with Crippen LogP contribution in [0.2, 0.25) is 0 Å². The Balaban J connectivity index is 1.77. The van der Waals surface area contributed by atoms with E-state index in [0.717, 1.165) is 31.0 Å². The summed E-state index contributed by atoms with van der Waals surface area (Å²) in [6, 6.07) is 0. The van der Waals surface area contributed by atoms with E-state index in [0.29, 0.717) is 11.8 Å². The van der Waals surface area contributed by atoms with E-state index in [1.165, 1.54) is 24.3 Å². The number of aliphatic hydroxyl groups is 1. The van der Waals surface area contributed by atoms with Gasteiger partial charge < -0.3 is 5.11 Å². The number of hydrogen-bond donors (Lipinski definition) is 1.